The predicted octanol–water partition coefficient (Wildman–Crippen LogP) is 3.32. The van der Waals surface area contributed by atoms with Crippen LogP contribution in [0, 0.1) is 0 Å². The first-order valence-corrected chi connectivity index (χ1v) is 7.97. The van der Waals surface area contributed by atoms with Crippen molar-refractivity contribution in [1.82, 2.24) is 4.90 Å². The summed E-state index contributed by atoms with van der Waals surface area (Å²) in [5.41, 5.74) is 2.03. The van der Waals surface area contributed by atoms with Gasteiger partial charge >= 0.3 is 6.09 Å². The molecule has 2 atom stereocenters. The first-order valence-electron chi connectivity index (χ1n) is 7.97. The summed E-state index contributed by atoms with van der Waals surface area (Å²) >= 11 is 0. The number of benzene rings is 2. The summed E-state index contributed by atoms with van der Waals surface area (Å²) in [7, 11) is 0. The van der Waals surface area contributed by atoms with E-state index in [0.29, 0.717) is 19.7 Å². The van der Waals surface area contributed by atoms with Gasteiger partial charge in [-0.05, 0) is 11.1 Å². The Labute approximate surface area is 135 Å². The molecule has 2 aliphatic heterocycles. The molecule has 0 unspecified atom stereocenters. The number of carbonyl (C=O) groups is 1. The van der Waals surface area contributed by atoms with Crippen molar-refractivity contribution in [3.05, 3.63) is 71.8 Å². The molecule has 0 radical (unpaired) electrons. The van der Waals surface area contributed by atoms with Crippen molar-refractivity contribution >= 4 is 6.09 Å². The molecule has 2 saturated heterocycles. The van der Waals surface area contributed by atoms with E-state index in [9.17, 15) is 4.79 Å². The van der Waals surface area contributed by atoms with Gasteiger partial charge in [-0.15, -0.1) is 0 Å². The molecule has 4 nitrogen and oxygen atoms in total. The van der Waals surface area contributed by atoms with Crippen molar-refractivity contribution in [2.75, 3.05) is 13.1 Å². The monoisotopic (exact) mass is 309 g/mol. The molecular weight excluding hydrogens is 290 g/mol. The second-order valence-corrected chi connectivity index (χ2v) is 6.10. The number of epoxide rings is 1. The molecular formula is C19H19NO3. The van der Waals surface area contributed by atoms with Crippen LogP contribution in [-0.4, -0.2) is 30.2 Å². The maximum absolute atomic E-state index is 12.2. The highest BCUT2D eigenvalue weighted by Crippen LogP contribution is 2.51. The van der Waals surface area contributed by atoms with Gasteiger partial charge in [0, 0.05) is 13.0 Å². The largest absolute Gasteiger partial charge is 0.445 e. The zero-order valence-electron chi connectivity index (χ0n) is 12.9. The molecule has 2 aromatic rings. The topological polar surface area (TPSA) is 42.1 Å². The van der Waals surface area contributed by atoms with Gasteiger partial charge < -0.3 is 14.4 Å². The van der Waals surface area contributed by atoms with Crippen LogP contribution in [0.15, 0.2) is 60.7 Å². The van der Waals surface area contributed by atoms with Gasteiger partial charge in [-0.25, -0.2) is 4.79 Å². The van der Waals surface area contributed by atoms with E-state index >= 15 is 0 Å². The summed E-state index contributed by atoms with van der Waals surface area (Å²) in [5.74, 6) is 0. The van der Waals surface area contributed by atoms with Gasteiger partial charge in [0.05, 0.1) is 6.54 Å². The Kier molecular flexibility index (Phi) is 3.54. The molecule has 2 heterocycles. The number of likely N-dealkylation sites (tertiary alicyclic amines) is 1. The molecule has 2 aliphatic rings. The Balaban J connectivity index is 1.34. The average molecular weight is 309 g/mol. The molecule has 0 spiro atoms. The van der Waals surface area contributed by atoms with Crippen LogP contribution in [0.25, 0.3) is 0 Å². The fourth-order valence-electron chi connectivity index (χ4n) is 3.31. The molecule has 0 aliphatic carbocycles. The lowest BCUT2D eigenvalue weighted by atomic mass is 9.89. The van der Waals surface area contributed by atoms with Gasteiger partial charge in [0.1, 0.15) is 18.3 Å². The van der Waals surface area contributed by atoms with Crippen LogP contribution in [0.4, 0.5) is 4.79 Å². The van der Waals surface area contributed by atoms with Gasteiger partial charge in [0.25, 0.3) is 0 Å². The summed E-state index contributed by atoms with van der Waals surface area (Å²) in [6.07, 6.45) is 0.649. The fraction of sp³-hybridized carbons (Fsp3) is 0.316. The van der Waals surface area contributed by atoms with Gasteiger partial charge in [-0.3, -0.25) is 0 Å². The summed E-state index contributed by atoms with van der Waals surface area (Å²) in [6, 6.07) is 20.0. The van der Waals surface area contributed by atoms with Gasteiger partial charge in [-0.2, -0.15) is 0 Å². The third kappa shape index (κ3) is 2.70. The highest BCUT2D eigenvalue weighted by Gasteiger charge is 2.60. The van der Waals surface area contributed by atoms with Crippen molar-refractivity contribution in [2.45, 2.75) is 24.7 Å². The Morgan fingerprint density at radius 3 is 2.52 bits per heavy atom. The molecule has 1 amide bonds. The van der Waals surface area contributed by atoms with Crippen LogP contribution in [0.2, 0.25) is 0 Å². The Bertz CT molecular complexity index is 688. The minimum Gasteiger partial charge on any atom is -0.445 e. The first kappa shape index (κ1) is 14.3. The lowest BCUT2D eigenvalue weighted by Crippen LogP contribution is -2.42. The second kappa shape index (κ2) is 5.70. The van der Waals surface area contributed by atoms with E-state index in [-0.39, 0.29) is 17.8 Å². The molecule has 0 saturated carbocycles. The molecule has 2 fully saturated rings. The maximum atomic E-state index is 12.2. The van der Waals surface area contributed by atoms with Crippen LogP contribution < -0.4 is 0 Å². The van der Waals surface area contributed by atoms with Crippen molar-refractivity contribution in [3.8, 4) is 0 Å². The number of ether oxygens (including phenoxy) is 2. The molecule has 0 N–H and O–H groups in total. The molecule has 0 bridgehead atoms. The molecule has 0 aromatic heterocycles. The number of nitrogens with zero attached hydrogens (tertiary/aromatic N) is 1. The van der Waals surface area contributed by atoms with E-state index in [1.54, 1.807) is 4.90 Å². The molecule has 118 valence electrons. The Morgan fingerprint density at radius 2 is 1.83 bits per heavy atom. The number of rotatable bonds is 3. The molecule has 23 heavy (non-hydrogen) atoms. The molecule has 4 rings (SSSR count). The standard InChI is InChI=1S/C19H19NO3/c21-18(22-14-15-7-3-1-4-8-15)20-12-11-19(17(13-20)23-19)16-9-5-2-6-10-16/h1-10,17H,11-14H2/t17-,19+/m1/s1. The number of hydrogen-bond donors (Lipinski definition) is 0. The van der Waals surface area contributed by atoms with Crippen LogP contribution in [0.3, 0.4) is 0 Å². The number of fused-ring (bicyclic) bond motifs is 1. The summed E-state index contributed by atoms with van der Waals surface area (Å²) in [4.78, 5) is 14.0. The third-order valence-electron chi connectivity index (χ3n) is 4.68. The number of piperidine rings is 1. The Morgan fingerprint density at radius 1 is 1.13 bits per heavy atom. The van der Waals surface area contributed by atoms with Crippen LogP contribution >= 0.6 is 0 Å². The Hall–Kier alpha value is -2.33. The van der Waals surface area contributed by atoms with Crippen LogP contribution in [-0.2, 0) is 21.7 Å². The van der Waals surface area contributed by atoms with Crippen molar-refractivity contribution in [1.29, 1.82) is 0 Å². The maximum Gasteiger partial charge on any atom is 0.410 e. The minimum absolute atomic E-state index is 0.0860. The van der Waals surface area contributed by atoms with E-state index in [1.165, 1.54) is 5.56 Å². The second-order valence-electron chi connectivity index (χ2n) is 6.10. The lowest BCUT2D eigenvalue weighted by Gasteiger charge is -2.28. The van der Waals surface area contributed by atoms with E-state index in [2.05, 4.69) is 12.1 Å². The van der Waals surface area contributed by atoms with Crippen molar-refractivity contribution in [3.63, 3.8) is 0 Å². The van der Waals surface area contributed by atoms with E-state index in [1.807, 2.05) is 48.5 Å². The molecule has 2 aromatic carbocycles. The number of amides is 1. The normalized spacial score (nSPS) is 25.6. The smallest absolute Gasteiger partial charge is 0.410 e. The zero-order valence-corrected chi connectivity index (χ0v) is 12.9. The van der Waals surface area contributed by atoms with Gasteiger partial charge in [-0.1, -0.05) is 60.7 Å². The fourth-order valence-corrected chi connectivity index (χ4v) is 3.31. The van der Waals surface area contributed by atoms with E-state index in [4.69, 9.17) is 9.47 Å². The predicted molar refractivity (Wildman–Crippen MR) is 85.8 cm³/mol. The summed E-state index contributed by atoms with van der Waals surface area (Å²) in [5, 5.41) is 0. The van der Waals surface area contributed by atoms with Crippen molar-refractivity contribution < 1.29 is 14.3 Å². The average Bonchev–Trinajstić information content (AvgIpc) is 3.36. The number of hydrogen-bond acceptors (Lipinski definition) is 3. The molecule has 4 heteroatoms. The van der Waals surface area contributed by atoms with Crippen LogP contribution in [0.1, 0.15) is 17.5 Å². The highest BCUT2D eigenvalue weighted by molar-refractivity contribution is 5.68. The summed E-state index contributed by atoms with van der Waals surface area (Å²) < 4.78 is 11.3. The highest BCUT2D eigenvalue weighted by atomic mass is 16.6. The lowest BCUT2D eigenvalue weighted by molar-refractivity contribution is 0.0896. The van der Waals surface area contributed by atoms with Crippen LogP contribution in [0.5, 0.6) is 0 Å². The minimum atomic E-state index is -0.258. The third-order valence-corrected chi connectivity index (χ3v) is 4.68. The van der Waals surface area contributed by atoms with E-state index in [0.717, 1.165) is 12.0 Å². The van der Waals surface area contributed by atoms with Crippen molar-refractivity contribution in [2.24, 2.45) is 0 Å². The first-order chi connectivity index (χ1) is 11.3. The quantitative estimate of drug-likeness (QED) is 0.817. The number of carbonyl (C=O) groups excluding carboxylic acids is 1. The van der Waals surface area contributed by atoms with Gasteiger partial charge in [0.2, 0.25) is 0 Å². The van der Waals surface area contributed by atoms with Gasteiger partial charge in [0.15, 0.2) is 0 Å². The zero-order chi connectivity index (χ0) is 15.7. The summed E-state index contributed by atoms with van der Waals surface area (Å²) in [6.45, 7) is 1.58. The van der Waals surface area contributed by atoms with E-state index < -0.39 is 0 Å². The SMILES string of the molecule is O=C(OCc1ccccc1)N1CC[C@@]2(c3ccccc3)O[C@@H]2C1.